The summed E-state index contributed by atoms with van der Waals surface area (Å²) in [6.07, 6.45) is -3.50. The van der Waals surface area contributed by atoms with E-state index < -0.39 is 18.1 Å². The molecule has 1 amide bonds. The second kappa shape index (κ2) is 9.05. The average molecular weight is 437 g/mol. The van der Waals surface area contributed by atoms with Crippen molar-refractivity contribution in [2.24, 2.45) is 0 Å². The van der Waals surface area contributed by atoms with Gasteiger partial charge in [0.2, 0.25) is 5.76 Å². The molecule has 0 aliphatic carbocycles. The van der Waals surface area contributed by atoms with Gasteiger partial charge in [-0.3, -0.25) is 9.78 Å². The summed E-state index contributed by atoms with van der Waals surface area (Å²) in [6, 6.07) is 22.1. The maximum Gasteiger partial charge on any atom is 0.414 e. The molecule has 1 N–H and O–H groups in total. The first kappa shape index (κ1) is 21.3. The standard InChI is InChI=1S/C24H18F3N3O2/c25-24(26,27)22(18-13-7-8-14-28-18)29-23(31)20-15-19(30-32-20)21(16-9-3-1-4-10-16)17-11-5-2-6-12-17/h1-15,21-22H,(H,29,31). The largest absolute Gasteiger partial charge is 0.414 e. The Morgan fingerprint density at radius 3 is 1.97 bits per heavy atom. The number of amides is 1. The van der Waals surface area contributed by atoms with E-state index in [1.807, 2.05) is 66.0 Å². The van der Waals surface area contributed by atoms with Crippen LogP contribution in [0.4, 0.5) is 13.2 Å². The first-order valence-corrected chi connectivity index (χ1v) is 9.78. The summed E-state index contributed by atoms with van der Waals surface area (Å²) in [5, 5.41) is 5.96. The minimum atomic E-state index is -4.73. The van der Waals surface area contributed by atoms with E-state index in [4.69, 9.17) is 4.52 Å². The number of benzene rings is 2. The van der Waals surface area contributed by atoms with Crippen LogP contribution in [0.1, 0.15) is 45.0 Å². The van der Waals surface area contributed by atoms with Crippen LogP contribution in [-0.2, 0) is 0 Å². The Kier molecular flexibility index (Phi) is 6.02. The lowest BCUT2D eigenvalue weighted by Gasteiger charge is -2.20. The zero-order valence-corrected chi connectivity index (χ0v) is 16.7. The maximum atomic E-state index is 13.6. The fraction of sp³-hybridized carbons (Fsp3) is 0.125. The molecule has 0 radical (unpaired) electrons. The number of nitrogens with one attached hydrogen (secondary N) is 1. The van der Waals surface area contributed by atoms with Crippen molar-refractivity contribution in [2.45, 2.75) is 18.1 Å². The molecule has 4 aromatic rings. The van der Waals surface area contributed by atoms with E-state index in [0.29, 0.717) is 5.69 Å². The molecule has 8 heteroatoms. The van der Waals surface area contributed by atoms with Gasteiger partial charge in [0.15, 0.2) is 6.04 Å². The normalized spacial score (nSPS) is 12.5. The first-order valence-electron chi connectivity index (χ1n) is 9.78. The number of halogens is 3. The lowest BCUT2D eigenvalue weighted by Crippen LogP contribution is -2.38. The van der Waals surface area contributed by atoms with Crippen molar-refractivity contribution in [3.8, 4) is 0 Å². The topological polar surface area (TPSA) is 68.0 Å². The highest BCUT2D eigenvalue weighted by Gasteiger charge is 2.43. The highest BCUT2D eigenvalue weighted by Crippen LogP contribution is 2.33. The summed E-state index contributed by atoms with van der Waals surface area (Å²) < 4.78 is 45.8. The van der Waals surface area contributed by atoms with Crippen LogP contribution in [0.3, 0.4) is 0 Å². The van der Waals surface area contributed by atoms with Gasteiger partial charge < -0.3 is 9.84 Å². The summed E-state index contributed by atoms with van der Waals surface area (Å²) in [7, 11) is 0. The van der Waals surface area contributed by atoms with Crippen LogP contribution in [0.15, 0.2) is 95.6 Å². The lowest BCUT2D eigenvalue weighted by molar-refractivity contribution is -0.156. The van der Waals surface area contributed by atoms with Crippen LogP contribution >= 0.6 is 0 Å². The third kappa shape index (κ3) is 4.69. The van der Waals surface area contributed by atoms with Crippen molar-refractivity contribution < 1.29 is 22.5 Å². The Labute approximate surface area is 181 Å². The smallest absolute Gasteiger partial charge is 0.351 e. The molecular formula is C24H18F3N3O2. The summed E-state index contributed by atoms with van der Waals surface area (Å²) in [5.74, 6) is -1.70. The Morgan fingerprint density at radius 2 is 1.44 bits per heavy atom. The molecule has 0 aliphatic heterocycles. The monoisotopic (exact) mass is 437 g/mol. The van der Waals surface area contributed by atoms with E-state index in [0.717, 1.165) is 11.1 Å². The SMILES string of the molecule is O=C(NC(c1ccccn1)C(F)(F)F)c1cc(C(c2ccccc2)c2ccccc2)no1. The number of nitrogens with zero attached hydrogens (tertiary/aromatic N) is 2. The molecule has 0 fully saturated rings. The zero-order valence-electron chi connectivity index (χ0n) is 16.7. The van der Waals surface area contributed by atoms with E-state index >= 15 is 0 Å². The van der Waals surface area contributed by atoms with Gasteiger partial charge in [-0.05, 0) is 23.3 Å². The Hall–Kier alpha value is -3.94. The number of carbonyl (C=O) groups is 1. The van der Waals surface area contributed by atoms with Crippen LogP contribution in [0.2, 0.25) is 0 Å². The zero-order chi connectivity index (χ0) is 22.6. The number of carbonyl (C=O) groups excluding carboxylic acids is 1. The predicted octanol–water partition coefficient (Wildman–Crippen LogP) is 5.28. The summed E-state index contributed by atoms with van der Waals surface area (Å²) in [4.78, 5) is 16.3. The number of hydrogen-bond donors (Lipinski definition) is 1. The second-order valence-corrected chi connectivity index (χ2v) is 7.07. The lowest BCUT2D eigenvalue weighted by atomic mass is 9.88. The highest BCUT2D eigenvalue weighted by atomic mass is 19.4. The van der Waals surface area contributed by atoms with Crippen LogP contribution in [0.25, 0.3) is 0 Å². The third-order valence-electron chi connectivity index (χ3n) is 4.90. The molecule has 2 heterocycles. The molecular weight excluding hydrogens is 419 g/mol. The van der Waals surface area contributed by atoms with E-state index in [1.165, 1.54) is 30.5 Å². The Balaban J connectivity index is 1.63. The van der Waals surface area contributed by atoms with Gasteiger partial charge in [-0.1, -0.05) is 71.9 Å². The molecule has 0 saturated heterocycles. The van der Waals surface area contributed by atoms with Crippen LogP contribution in [0.5, 0.6) is 0 Å². The highest BCUT2D eigenvalue weighted by molar-refractivity contribution is 5.91. The van der Waals surface area contributed by atoms with Gasteiger partial charge in [-0.15, -0.1) is 0 Å². The van der Waals surface area contributed by atoms with E-state index in [9.17, 15) is 18.0 Å². The molecule has 1 unspecified atom stereocenters. The number of aromatic nitrogens is 2. The predicted molar refractivity (Wildman–Crippen MR) is 111 cm³/mol. The van der Waals surface area contributed by atoms with E-state index in [2.05, 4.69) is 10.1 Å². The number of pyridine rings is 1. The van der Waals surface area contributed by atoms with Gasteiger partial charge >= 0.3 is 6.18 Å². The molecule has 32 heavy (non-hydrogen) atoms. The first-order chi connectivity index (χ1) is 15.4. The Morgan fingerprint density at radius 1 is 0.844 bits per heavy atom. The summed E-state index contributed by atoms with van der Waals surface area (Å²) >= 11 is 0. The molecule has 2 aromatic carbocycles. The van der Waals surface area contributed by atoms with Gasteiger partial charge in [0.25, 0.3) is 5.91 Å². The number of alkyl halides is 3. The summed E-state index contributed by atoms with van der Waals surface area (Å²) in [6.45, 7) is 0. The van der Waals surface area contributed by atoms with Crippen molar-refractivity contribution in [3.63, 3.8) is 0 Å². The van der Waals surface area contributed by atoms with Crippen LogP contribution in [-0.4, -0.2) is 22.2 Å². The fourth-order valence-corrected chi connectivity index (χ4v) is 3.43. The number of rotatable bonds is 6. The molecule has 162 valence electrons. The molecule has 0 spiro atoms. The third-order valence-corrected chi connectivity index (χ3v) is 4.90. The van der Waals surface area contributed by atoms with Gasteiger partial charge in [-0.2, -0.15) is 13.2 Å². The average Bonchev–Trinajstić information content (AvgIpc) is 3.28. The Bertz CT molecular complexity index is 1120. The van der Waals surface area contributed by atoms with E-state index in [1.54, 1.807) is 0 Å². The molecule has 0 aliphatic rings. The van der Waals surface area contributed by atoms with E-state index in [-0.39, 0.29) is 17.4 Å². The molecule has 1 atom stereocenters. The van der Waals surface area contributed by atoms with Crippen molar-refractivity contribution >= 4 is 5.91 Å². The van der Waals surface area contributed by atoms with Crippen molar-refractivity contribution in [2.75, 3.05) is 0 Å². The van der Waals surface area contributed by atoms with Gasteiger partial charge in [0.1, 0.15) is 0 Å². The molecule has 0 bridgehead atoms. The van der Waals surface area contributed by atoms with Crippen LogP contribution < -0.4 is 5.32 Å². The van der Waals surface area contributed by atoms with Gasteiger partial charge in [-0.25, -0.2) is 0 Å². The fourth-order valence-electron chi connectivity index (χ4n) is 3.43. The van der Waals surface area contributed by atoms with Crippen LogP contribution in [0, 0.1) is 0 Å². The van der Waals surface area contributed by atoms with Gasteiger partial charge in [0.05, 0.1) is 17.3 Å². The van der Waals surface area contributed by atoms with Crippen molar-refractivity contribution in [1.82, 2.24) is 15.5 Å². The van der Waals surface area contributed by atoms with Crippen molar-refractivity contribution in [3.05, 3.63) is 119 Å². The van der Waals surface area contributed by atoms with Gasteiger partial charge in [0, 0.05) is 12.3 Å². The second-order valence-electron chi connectivity index (χ2n) is 7.07. The number of hydrogen-bond acceptors (Lipinski definition) is 4. The quantitative estimate of drug-likeness (QED) is 0.446. The molecule has 2 aromatic heterocycles. The summed E-state index contributed by atoms with van der Waals surface area (Å²) in [5.41, 5.74) is 1.90. The molecule has 0 saturated carbocycles. The minimum Gasteiger partial charge on any atom is -0.351 e. The molecule has 5 nitrogen and oxygen atoms in total. The van der Waals surface area contributed by atoms with Crippen molar-refractivity contribution in [1.29, 1.82) is 0 Å². The maximum absolute atomic E-state index is 13.6. The minimum absolute atomic E-state index is 0.318. The molecule has 4 rings (SSSR count).